The van der Waals surface area contributed by atoms with E-state index < -0.39 is 5.82 Å². The fraction of sp³-hybridized carbons (Fsp3) is 0.364. The highest BCUT2D eigenvalue weighted by Gasteiger charge is 2.12. The zero-order valence-corrected chi connectivity index (χ0v) is 9.54. The molecule has 4 heteroatoms. The van der Waals surface area contributed by atoms with Crippen LogP contribution in [0.15, 0.2) is 12.3 Å². The summed E-state index contributed by atoms with van der Waals surface area (Å²) >= 11 is 7.43. The molecule has 2 heterocycles. The zero-order chi connectivity index (χ0) is 10.7. The van der Waals surface area contributed by atoms with Gasteiger partial charge in [-0.05, 0) is 12.2 Å². The second-order valence-electron chi connectivity index (χ2n) is 3.32. The molecular weight excluding hydrogens is 233 g/mol. The Morgan fingerprint density at radius 2 is 2.47 bits per heavy atom. The second kappa shape index (κ2) is 4.87. The number of pyridine rings is 1. The van der Waals surface area contributed by atoms with Gasteiger partial charge >= 0.3 is 0 Å². The minimum absolute atomic E-state index is 0.162. The van der Waals surface area contributed by atoms with Gasteiger partial charge in [-0.1, -0.05) is 23.4 Å². The molecule has 1 aromatic rings. The van der Waals surface area contributed by atoms with Gasteiger partial charge in [-0.3, -0.25) is 0 Å². The van der Waals surface area contributed by atoms with E-state index in [2.05, 4.69) is 16.8 Å². The molecule has 1 aromatic heterocycles. The Bertz CT molecular complexity index is 418. The van der Waals surface area contributed by atoms with Crippen molar-refractivity contribution in [1.29, 1.82) is 0 Å². The summed E-state index contributed by atoms with van der Waals surface area (Å²) in [6.07, 6.45) is 2.48. The molecule has 1 nitrogen and oxygen atoms in total. The molecule has 0 radical (unpaired) electrons. The van der Waals surface area contributed by atoms with E-state index in [1.54, 1.807) is 0 Å². The van der Waals surface area contributed by atoms with E-state index in [1.807, 2.05) is 11.8 Å². The topological polar surface area (TPSA) is 12.9 Å². The minimum Gasteiger partial charge on any atom is -0.243 e. The van der Waals surface area contributed by atoms with Crippen LogP contribution in [0.3, 0.4) is 0 Å². The Labute approximate surface area is 97.4 Å². The quantitative estimate of drug-likeness (QED) is 0.512. The minimum atomic E-state index is -0.395. The van der Waals surface area contributed by atoms with E-state index in [9.17, 15) is 4.39 Å². The first kappa shape index (κ1) is 10.8. The summed E-state index contributed by atoms with van der Waals surface area (Å²) in [4.78, 5) is 3.80. The largest absolute Gasteiger partial charge is 0.243 e. The van der Waals surface area contributed by atoms with E-state index in [0.29, 0.717) is 11.5 Å². The van der Waals surface area contributed by atoms with E-state index >= 15 is 0 Å². The average molecular weight is 242 g/mol. The van der Waals surface area contributed by atoms with Crippen molar-refractivity contribution in [2.24, 2.45) is 5.92 Å². The lowest BCUT2D eigenvalue weighted by atomic mass is 10.1. The van der Waals surface area contributed by atoms with Crippen LogP contribution in [0.5, 0.6) is 0 Å². The van der Waals surface area contributed by atoms with Crippen LogP contribution in [0.25, 0.3) is 0 Å². The summed E-state index contributed by atoms with van der Waals surface area (Å²) in [7, 11) is 0. The lowest BCUT2D eigenvalue weighted by molar-refractivity contribution is 0.622. The Morgan fingerprint density at radius 1 is 1.60 bits per heavy atom. The summed E-state index contributed by atoms with van der Waals surface area (Å²) in [6, 6.07) is 1.19. The van der Waals surface area contributed by atoms with Gasteiger partial charge in [0.05, 0.1) is 5.56 Å². The lowest BCUT2D eigenvalue weighted by Gasteiger charge is -1.96. The highest BCUT2D eigenvalue weighted by atomic mass is 35.5. The molecule has 0 spiro atoms. The molecule has 1 atom stereocenters. The maximum absolute atomic E-state index is 13.3. The van der Waals surface area contributed by atoms with Crippen LogP contribution in [0.2, 0.25) is 5.15 Å². The molecule has 2 rings (SSSR count). The first-order valence-electron chi connectivity index (χ1n) is 4.66. The SMILES string of the molecule is Fc1cc(Cl)ncc1C#CC1CCSC1. The summed E-state index contributed by atoms with van der Waals surface area (Å²) in [5.74, 6) is 8.09. The number of halogens is 2. The van der Waals surface area contributed by atoms with Crippen molar-refractivity contribution < 1.29 is 4.39 Å². The fourth-order valence-corrected chi connectivity index (χ4v) is 2.62. The third-order valence-corrected chi connectivity index (χ3v) is 3.53. The Kier molecular flexibility index (Phi) is 3.50. The maximum atomic E-state index is 13.3. The smallest absolute Gasteiger partial charge is 0.143 e. The molecule has 1 aliphatic heterocycles. The summed E-state index contributed by atoms with van der Waals surface area (Å²) in [5, 5.41) is 0.162. The molecule has 1 unspecified atom stereocenters. The van der Waals surface area contributed by atoms with Gasteiger partial charge in [0.1, 0.15) is 11.0 Å². The first-order valence-corrected chi connectivity index (χ1v) is 6.19. The predicted octanol–water partition coefficient (Wildman–Crippen LogP) is 2.98. The molecule has 1 fully saturated rings. The van der Waals surface area contributed by atoms with Crippen molar-refractivity contribution in [3.05, 3.63) is 28.8 Å². The number of hydrogen-bond donors (Lipinski definition) is 0. The van der Waals surface area contributed by atoms with Crippen LogP contribution in [0.4, 0.5) is 4.39 Å². The van der Waals surface area contributed by atoms with Crippen LogP contribution in [-0.2, 0) is 0 Å². The normalized spacial score (nSPS) is 19.7. The van der Waals surface area contributed by atoms with Crippen molar-refractivity contribution in [2.45, 2.75) is 6.42 Å². The number of rotatable bonds is 0. The van der Waals surface area contributed by atoms with Crippen LogP contribution >= 0.6 is 23.4 Å². The second-order valence-corrected chi connectivity index (χ2v) is 4.85. The molecule has 0 aliphatic carbocycles. The Morgan fingerprint density at radius 3 is 3.13 bits per heavy atom. The fourth-order valence-electron chi connectivity index (χ4n) is 1.33. The number of aromatic nitrogens is 1. The van der Waals surface area contributed by atoms with E-state index in [0.717, 1.165) is 17.9 Å². The van der Waals surface area contributed by atoms with Gasteiger partial charge in [0.25, 0.3) is 0 Å². The Hall–Kier alpha value is -0.720. The standard InChI is InChI=1S/C11H9ClFNS/c12-11-5-10(13)9(6-14-11)2-1-8-3-4-15-7-8/h5-6,8H,3-4,7H2. The van der Waals surface area contributed by atoms with Crippen LogP contribution in [-0.4, -0.2) is 16.5 Å². The van der Waals surface area contributed by atoms with Crippen LogP contribution in [0, 0.1) is 23.6 Å². The molecule has 0 bridgehead atoms. The highest BCUT2D eigenvalue weighted by molar-refractivity contribution is 7.99. The van der Waals surface area contributed by atoms with Gasteiger partial charge in [0.15, 0.2) is 0 Å². The first-order chi connectivity index (χ1) is 7.25. The lowest BCUT2D eigenvalue weighted by Crippen LogP contribution is -1.93. The van der Waals surface area contributed by atoms with Gasteiger partial charge in [-0.2, -0.15) is 11.8 Å². The molecule has 0 amide bonds. The summed E-state index contributed by atoms with van der Waals surface area (Å²) in [6.45, 7) is 0. The third kappa shape index (κ3) is 2.87. The third-order valence-electron chi connectivity index (χ3n) is 2.16. The average Bonchev–Trinajstić information content (AvgIpc) is 2.69. The molecule has 78 valence electrons. The molecule has 1 aliphatic rings. The van der Waals surface area contributed by atoms with Gasteiger partial charge in [0, 0.05) is 23.9 Å². The summed E-state index contributed by atoms with van der Waals surface area (Å²) in [5.41, 5.74) is 0.330. The van der Waals surface area contributed by atoms with E-state index in [-0.39, 0.29) is 5.15 Å². The number of nitrogens with zero attached hydrogens (tertiary/aromatic N) is 1. The van der Waals surface area contributed by atoms with Gasteiger partial charge < -0.3 is 0 Å². The monoisotopic (exact) mass is 241 g/mol. The number of thioether (sulfide) groups is 1. The van der Waals surface area contributed by atoms with Gasteiger partial charge in [-0.15, -0.1) is 0 Å². The summed E-state index contributed by atoms with van der Waals surface area (Å²) < 4.78 is 13.3. The van der Waals surface area contributed by atoms with Crippen molar-refractivity contribution in [2.75, 3.05) is 11.5 Å². The molecule has 0 saturated carbocycles. The van der Waals surface area contributed by atoms with Gasteiger partial charge in [0.2, 0.25) is 0 Å². The number of hydrogen-bond acceptors (Lipinski definition) is 2. The van der Waals surface area contributed by atoms with E-state index in [4.69, 9.17) is 11.6 Å². The van der Waals surface area contributed by atoms with Crippen molar-refractivity contribution in [3.8, 4) is 11.8 Å². The molecule has 0 aromatic carbocycles. The molecular formula is C11H9ClFNS. The zero-order valence-electron chi connectivity index (χ0n) is 7.96. The van der Waals surface area contributed by atoms with Crippen LogP contribution < -0.4 is 0 Å². The highest BCUT2D eigenvalue weighted by Crippen LogP contribution is 2.22. The Balaban J connectivity index is 2.15. The van der Waals surface area contributed by atoms with Crippen LogP contribution in [0.1, 0.15) is 12.0 Å². The van der Waals surface area contributed by atoms with Crippen molar-refractivity contribution >= 4 is 23.4 Å². The molecule has 1 saturated heterocycles. The van der Waals surface area contributed by atoms with E-state index in [1.165, 1.54) is 12.3 Å². The van der Waals surface area contributed by atoms with Gasteiger partial charge in [-0.25, -0.2) is 9.37 Å². The molecule has 0 N–H and O–H groups in total. The van der Waals surface area contributed by atoms with Crippen molar-refractivity contribution in [3.63, 3.8) is 0 Å². The van der Waals surface area contributed by atoms with Crippen molar-refractivity contribution in [1.82, 2.24) is 4.98 Å². The predicted molar refractivity (Wildman–Crippen MR) is 61.5 cm³/mol. The maximum Gasteiger partial charge on any atom is 0.143 e. The molecule has 15 heavy (non-hydrogen) atoms.